The third kappa shape index (κ3) is 7.54. The van der Waals surface area contributed by atoms with Gasteiger partial charge >= 0.3 is 0 Å². The van der Waals surface area contributed by atoms with Crippen molar-refractivity contribution in [2.75, 3.05) is 40.3 Å². The Labute approximate surface area is 86.3 Å². The SMILES string of the molecule is CN(CCC#N)CCN(C)CCC#N. The lowest BCUT2D eigenvalue weighted by Crippen LogP contribution is -2.31. The molecule has 0 bridgehead atoms. The Balaban J connectivity index is 3.42. The second-order valence-corrected chi connectivity index (χ2v) is 3.42. The third-order valence-electron chi connectivity index (χ3n) is 2.07. The van der Waals surface area contributed by atoms with Crippen LogP contribution in [0.1, 0.15) is 12.8 Å². The highest BCUT2D eigenvalue weighted by atomic mass is 15.2. The van der Waals surface area contributed by atoms with Crippen molar-refractivity contribution in [1.82, 2.24) is 9.80 Å². The van der Waals surface area contributed by atoms with Gasteiger partial charge in [-0.1, -0.05) is 0 Å². The fourth-order valence-corrected chi connectivity index (χ4v) is 1.05. The maximum absolute atomic E-state index is 8.39. The molecule has 0 atom stereocenters. The van der Waals surface area contributed by atoms with Crippen LogP contribution >= 0.6 is 0 Å². The molecule has 0 spiro atoms. The van der Waals surface area contributed by atoms with E-state index >= 15 is 0 Å². The first kappa shape index (κ1) is 12.9. The molecule has 14 heavy (non-hydrogen) atoms. The van der Waals surface area contributed by atoms with Gasteiger partial charge in [-0.3, -0.25) is 0 Å². The van der Waals surface area contributed by atoms with Crippen LogP contribution in [-0.2, 0) is 0 Å². The Bertz CT molecular complexity index is 189. The average Bonchev–Trinajstić information content (AvgIpc) is 2.20. The van der Waals surface area contributed by atoms with Crippen LogP contribution in [0.3, 0.4) is 0 Å². The van der Waals surface area contributed by atoms with Crippen molar-refractivity contribution in [1.29, 1.82) is 10.5 Å². The Morgan fingerprint density at radius 2 is 1.14 bits per heavy atom. The first-order chi connectivity index (χ1) is 6.70. The van der Waals surface area contributed by atoms with E-state index in [0.29, 0.717) is 12.8 Å². The van der Waals surface area contributed by atoms with Gasteiger partial charge < -0.3 is 9.80 Å². The largest absolute Gasteiger partial charge is 0.304 e. The predicted octanol–water partition coefficient (Wildman–Crippen LogP) is 0.677. The van der Waals surface area contributed by atoms with Crippen molar-refractivity contribution in [3.63, 3.8) is 0 Å². The lowest BCUT2D eigenvalue weighted by atomic mass is 10.4. The maximum Gasteiger partial charge on any atom is 0.0635 e. The van der Waals surface area contributed by atoms with Gasteiger partial charge in [-0.2, -0.15) is 10.5 Å². The van der Waals surface area contributed by atoms with Crippen LogP contribution in [0.4, 0.5) is 0 Å². The van der Waals surface area contributed by atoms with Gasteiger partial charge in [0.15, 0.2) is 0 Å². The van der Waals surface area contributed by atoms with E-state index in [9.17, 15) is 0 Å². The molecule has 0 rings (SSSR count). The number of rotatable bonds is 7. The van der Waals surface area contributed by atoms with E-state index in [1.54, 1.807) is 0 Å². The molecule has 4 heteroatoms. The first-order valence-corrected chi connectivity index (χ1v) is 4.81. The second kappa shape index (κ2) is 8.50. The topological polar surface area (TPSA) is 54.1 Å². The smallest absolute Gasteiger partial charge is 0.0635 e. The van der Waals surface area contributed by atoms with Crippen LogP contribution in [0.15, 0.2) is 0 Å². The van der Waals surface area contributed by atoms with Crippen molar-refractivity contribution in [2.24, 2.45) is 0 Å². The van der Waals surface area contributed by atoms with Gasteiger partial charge in [0, 0.05) is 39.0 Å². The van der Waals surface area contributed by atoms with Gasteiger partial charge in [-0.15, -0.1) is 0 Å². The van der Waals surface area contributed by atoms with Crippen LogP contribution in [-0.4, -0.2) is 50.1 Å². The molecule has 0 aromatic rings. The molecule has 0 aliphatic carbocycles. The molecule has 0 radical (unpaired) electrons. The van der Waals surface area contributed by atoms with Gasteiger partial charge in [-0.25, -0.2) is 0 Å². The van der Waals surface area contributed by atoms with E-state index in [1.165, 1.54) is 0 Å². The van der Waals surface area contributed by atoms with Crippen LogP contribution < -0.4 is 0 Å². The number of hydrogen-bond donors (Lipinski definition) is 0. The summed E-state index contributed by atoms with van der Waals surface area (Å²) >= 11 is 0. The minimum atomic E-state index is 0.582. The molecular weight excluding hydrogens is 176 g/mol. The van der Waals surface area contributed by atoms with Gasteiger partial charge in [0.1, 0.15) is 0 Å². The Hall–Kier alpha value is -1.10. The van der Waals surface area contributed by atoms with Crippen LogP contribution in [0.5, 0.6) is 0 Å². The summed E-state index contributed by atoms with van der Waals surface area (Å²) in [5.41, 5.74) is 0. The molecule has 4 nitrogen and oxygen atoms in total. The van der Waals surface area contributed by atoms with E-state index < -0.39 is 0 Å². The van der Waals surface area contributed by atoms with Gasteiger partial charge in [-0.05, 0) is 14.1 Å². The molecule has 0 aromatic heterocycles. The van der Waals surface area contributed by atoms with Gasteiger partial charge in [0.2, 0.25) is 0 Å². The minimum Gasteiger partial charge on any atom is -0.304 e. The van der Waals surface area contributed by atoms with Crippen molar-refractivity contribution < 1.29 is 0 Å². The summed E-state index contributed by atoms with van der Waals surface area (Å²) in [6.07, 6.45) is 1.16. The van der Waals surface area contributed by atoms with Crippen molar-refractivity contribution in [3.8, 4) is 12.1 Å². The van der Waals surface area contributed by atoms with Crippen LogP contribution in [0.2, 0.25) is 0 Å². The molecule has 0 unspecified atom stereocenters. The molecule has 0 fully saturated rings. The molecule has 0 N–H and O–H groups in total. The number of likely N-dealkylation sites (N-methyl/N-ethyl adjacent to an activating group) is 2. The Kier molecular flexibility index (Phi) is 7.83. The minimum absolute atomic E-state index is 0.582. The van der Waals surface area contributed by atoms with Crippen molar-refractivity contribution >= 4 is 0 Å². The normalized spacial score (nSPS) is 10.1. The first-order valence-electron chi connectivity index (χ1n) is 4.81. The zero-order valence-corrected chi connectivity index (χ0v) is 9.03. The predicted molar refractivity (Wildman–Crippen MR) is 55.5 cm³/mol. The number of nitrogens with zero attached hydrogens (tertiary/aromatic N) is 4. The molecule has 0 saturated heterocycles. The lowest BCUT2D eigenvalue weighted by molar-refractivity contribution is 0.263. The van der Waals surface area contributed by atoms with E-state index in [2.05, 4.69) is 21.9 Å². The molecular formula is C10H18N4. The zero-order chi connectivity index (χ0) is 10.8. The lowest BCUT2D eigenvalue weighted by Gasteiger charge is -2.20. The molecule has 0 heterocycles. The summed E-state index contributed by atoms with van der Waals surface area (Å²) < 4.78 is 0. The third-order valence-corrected chi connectivity index (χ3v) is 2.07. The Morgan fingerprint density at radius 3 is 1.43 bits per heavy atom. The fraction of sp³-hybridized carbons (Fsp3) is 0.800. The van der Waals surface area contributed by atoms with Crippen LogP contribution in [0, 0.1) is 22.7 Å². The molecule has 78 valence electrons. The number of nitriles is 2. The molecule has 0 aliphatic heterocycles. The van der Waals surface area contributed by atoms with Crippen molar-refractivity contribution in [3.05, 3.63) is 0 Å². The summed E-state index contributed by atoms with van der Waals surface area (Å²) in [5.74, 6) is 0. The fourth-order valence-electron chi connectivity index (χ4n) is 1.05. The van der Waals surface area contributed by atoms with Crippen LogP contribution in [0.25, 0.3) is 0 Å². The van der Waals surface area contributed by atoms with Gasteiger partial charge in [0.05, 0.1) is 12.1 Å². The summed E-state index contributed by atoms with van der Waals surface area (Å²) in [4.78, 5) is 4.26. The summed E-state index contributed by atoms with van der Waals surface area (Å²) in [6.45, 7) is 3.54. The highest BCUT2D eigenvalue weighted by Gasteiger charge is 2.01. The monoisotopic (exact) mass is 194 g/mol. The molecule has 0 amide bonds. The van der Waals surface area contributed by atoms with Crippen molar-refractivity contribution in [2.45, 2.75) is 12.8 Å². The van der Waals surface area contributed by atoms with E-state index in [-0.39, 0.29) is 0 Å². The maximum atomic E-state index is 8.39. The van der Waals surface area contributed by atoms with Gasteiger partial charge in [0.25, 0.3) is 0 Å². The Morgan fingerprint density at radius 1 is 0.786 bits per heavy atom. The standard InChI is InChI=1S/C10H18N4/c1-13(7-3-5-11)9-10-14(2)8-4-6-12/h3-4,7-10H2,1-2H3. The number of hydrogen-bond acceptors (Lipinski definition) is 4. The molecule has 0 saturated carbocycles. The highest BCUT2D eigenvalue weighted by Crippen LogP contribution is 1.90. The van der Waals surface area contributed by atoms with E-state index in [0.717, 1.165) is 26.2 Å². The molecule has 0 aliphatic rings. The molecule has 0 aromatic carbocycles. The van der Waals surface area contributed by atoms with E-state index in [4.69, 9.17) is 10.5 Å². The summed E-state index contributed by atoms with van der Waals surface area (Å²) in [7, 11) is 4.02. The zero-order valence-electron chi connectivity index (χ0n) is 9.03. The summed E-state index contributed by atoms with van der Waals surface area (Å²) in [6, 6.07) is 4.24. The van der Waals surface area contributed by atoms with E-state index in [1.807, 2.05) is 14.1 Å². The average molecular weight is 194 g/mol. The quantitative estimate of drug-likeness (QED) is 0.598. The summed E-state index contributed by atoms with van der Waals surface area (Å²) in [5, 5.41) is 16.8. The highest BCUT2D eigenvalue weighted by molar-refractivity contribution is 4.73. The second-order valence-electron chi connectivity index (χ2n) is 3.42.